The normalized spacial score (nSPS) is 10.7. The van der Waals surface area contributed by atoms with Gasteiger partial charge in [-0.05, 0) is 12.1 Å². The van der Waals surface area contributed by atoms with Crippen LogP contribution in [0.3, 0.4) is 0 Å². The minimum atomic E-state index is -0.167. The van der Waals surface area contributed by atoms with E-state index < -0.39 is 0 Å². The van der Waals surface area contributed by atoms with Gasteiger partial charge in [-0.15, -0.1) is 0 Å². The van der Waals surface area contributed by atoms with E-state index >= 15 is 0 Å². The second kappa shape index (κ2) is 3.40. The van der Waals surface area contributed by atoms with Gasteiger partial charge in [0.05, 0.1) is 28.9 Å². The van der Waals surface area contributed by atoms with Crippen LogP contribution in [0.1, 0.15) is 0 Å². The number of nitrogens with zero attached hydrogens (tertiary/aromatic N) is 2. The molecule has 2 N–H and O–H groups in total. The van der Waals surface area contributed by atoms with Crippen molar-refractivity contribution < 1.29 is 0 Å². The molecule has 0 saturated carbocycles. The quantitative estimate of drug-likeness (QED) is 0.761. The standard InChI is InChI=1S/C9H8ClN3O/c10-7-3-1-2-6-8(7)12-5-13(4-11)9(6)14/h1-3,5H,4,11H2. The Morgan fingerprint density at radius 3 is 3.00 bits per heavy atom. The van der Waals surface area contributed by atoms with Gasteiger partial charge in [0.2, 0.25) is 0 Å². The summed E-state index contributed by atoms with van der Waals surface area (Å²) in [6, 6.07) is 5.10. The molecule has 1 heterocycles. The first-order valence-corrected chi connectivity index (χ1v) is 4.45. The van der Waals surface area contributed by atoms with Crippen molar-refractivity contribution in [1.82, 2.24) is 9.55 Å². The van der Waals surface area contributed by atoms with Gasteiger partial charge in [0.25, 0.3) is 5.56 Å². The lowest BCUT2D eigenvalue weighted by atomic mass is 10.2. The van der Waals surface area contributed by atoms with Crippen molar-refractivity contribution in [2.75, 3.05) is 0 Å². The summed E-state index contributed by atoms with van der Waals surface area (Å²) >= 11 is 5.88. The predicted molar refractivity (Wildman–Crippen MR) is 55.2 cm³/mol. The van der Waals surface area contributed by atoms with Gasteiger partial charge in [-0.1, -0.05) is 17.7 Å². The van der Waals surface area contributed by atoms with Crippen LogP contribution >= 0.6 is 11.6 Å². The van der Waals surface area contributed by atoms with Gasteiger partial charge in [-0.25, -0.2) is 4.98 Å². The molecule has 0 atom stereocenters. The van der Waals surface area contributed by atoms with E-state index in [9.17, 15) is 4.79 Å². The van der Waals surface area contributed by atoms with Crippen molar-refractivity contribution in [1.29, 1.82) is 0 Å². The fraction of sp³-hybridized carbons (Fsp3) is 0.111. The van der Waals surface area contributed by atoms with E-state index in [1.807, 2.05) is 0 Å². The van der Waals surface area contributed by atoms with Crippen molar-refractivity contribution in [3.8, 4) is 0 Å². The lowest BCUT2D eigenvalue weighted by Gasteiger charge is -2.03. The lowest BCUT2D eigenvalue weighted by molar-refractivity contribution is 0.692. The maximum absolute atomic E-state index is 11.7. The Bertz CT molecular complexity index is 535. The van der Waals surface area contributed by atoms with Crippen molar-refractivity contribution in [3.63, 3.8) is 0 Å². The third-order valence-electron chi connectivity index (χ3n) is 2.00. The van der Waals surface area contributed by atoms with E-state index in [4.69, 9.17) is 17.3 Å². The molecule has 0 aliphatic carbocycles. The molecular weight excluding hydrogens is 202 g/mol. The van der Waals surface area contributed by atoms with Gasteiger partial charge >= 0.3 is 0 Å². The van der Waals surface area contributed by atoms with E-state index in [0.29, 0.717) is 15.9 Å². The molecule has 14 heavy (non-hydrogen) atoms. The molecule has 0 aliphatic heterocycles. The summed E-state index contributed by atoms with van der Waals surface area (Å²) in [5.74, 6) is 0. The molecule has 72 valence electrons. The van der Waals surface area contributed by atoms with Crippen LogP contribution in [0.2, 0.25) is 5.02 Å². The predicted octanol–water partition coefficient (Wildman–Crippen LogP) is 0.966. The highest BCUT2D eigenvalue weighted by atomic mass is 35.5. The van der Waals surface area contributed by atoms with Gasteiger partial charge < -0.3 is 5.73 Å². The summed E-state index contributed by atoms with van der Waals surface area (Å²) < 4.78 is 1.33. The van der Waals surface area contributed by atoms with E-state index in [-0.39, 0.29) is 12.2 Å². The van der Waals surface area contributed by atoms with Crippen molar-refractivity contribution in [2.24, 2.45) is 5.73 Å². The second-order valence-electron chi connectivity index (χ2n) is 2.84. The Hall–Kier alpha value is -1.39. The van der Waals surface area contributed by atoms with Crippen LogP contribution in [0.15, 0.2) is 29.3 Å². The van der Waals surface area contributed by atoms with Crippen LogP contribution in [0.25, 0.3) is 10.9 Å². The summed E-state index contributed by atoms with van der Waals surface area (Å²) in [4.78, 5) is 15.8. The first kappa shape index (κ1) is 9.18. The summed E-state index contributed by atoms with van der Waals surface area (Å²) in [6.45, 7) is 0.119. The highest BCUT2D eigenvalue weighted by Gasteiger charge is 2.04. The average molecular weight is 210 g/mol. The number of aromatic nitrogens is 2. The van der Waals surface area contributed by atoms with Crippen LogP contribution in [-0.2, 0) is 6.67 Å². The molecular formula is C9H8ClN3O. The number of para-hydroxylation sites is 1. The molecule has 0 saturated heterocycles. The van der Waals surface area contributed by atoms with Crippen molar-refractivity contribution >= 4 is 22.5 Å². The molecule has 0 radical (unpaired) electrons. The molecule has 1 aromatic carbocycles. The topological polar surface area (TPSA) is 60.9 Å². The van der Waals surface area contributed by atoms with Gasteiger partial charge in [-0.2, -0.15) is 0 Å². The van der Waals surface area contributed by atoms with Crippen molar-refractivity contribution in [3.05, 3.63) is 39.9 Å². The van der Waals surface area contributed by atoms with Gasteiger partial charge in [0.1, 0.15) is 0 Å². The number of rotatable bonds is 1. The molecule has 0 fully saturated rings. The zero-order valence-electron chi connectivity index (χ0n) is 7.27. The zero-order chi connectivity index (χ0) is 10.1. The summed E-state index contributed by atoms with van der Waals surface area (Å²) in [5.41, 5.74) is 5.72. The van der Waals surface area contributed by atoms with Crippen LogP contribution in [0, 0.1) is 0 Å². The Morgan fingerprint density at radius 2 is 2.29 bits per heavy atom. The molecule has 5 heteroatoms. The monoisotopic (exact) mass is 209 g/mol. The van der Waals surface area contributed by atoms with Crippen molar-refractivity contribution in [2.45, 2.75) is 6.67 Å². The smallest absolute Gasteiger partial charge is 0.262 e. The van der Waals surface area contributed by atoms with E-state index in [0.717, 1.165) is 0 Å². The average Bonchev–Trinajstić information content (AvgIpc) is 2.20. The number of hydrogen-bond acceptors (Lipinski definition) is 3. The van der Waals surface area contributed by atoms with Crippen LogP contribution in [0.5, 0.6) is 0 Å². The molecule has 0 unspecified atom stereocenters. The van der Waals surface area contributed by atoms with E-state index in [1.54, 1.807) is 18.2 Å². The maximum atomic E-state index is 11.7. The molecule has 0 amide bonds. The third-order valence-corrected chi connectivity index (χ3v) is 2.31. The Morgan fingerprint density at radius 1 is 1.50 bits per heavy atom. The van der Waals surface area contributed by atoms with Gasteiger partial charge in [-0.3, -0.25) is 9.36 Å². The molecule has 0 bridgehead atoms. The van der Waals surface area contributed by atoms with Gasteiger partial charge in [0, 0.05) is 0 Å². The summed E-state index contributed by atoms with van der Waals surface area (Å²) in [6.07, 6.45) is 1.40. The van der Waals surface area contributed by atoms with Crippen LogP contribution < -0.4 is 11.3 Å². The molecule has 1 aromatic heterocycles. The van der Waals surface area contributed by atoms with Gasteiger partial charge in [0.15, 0.2) is 0 Å². The molecule has 0 aliphatic rings. The Kier molecular flexibility index (Phi) is 2.23. The number of fused-ring (bicyclic) bond motifs is 1. The summed E-state index contributed by atoms with van der Waals surface area (Å²) in [7, 11) is 0. The fourth-order valence-corrected chi connectivity index (χ4v) is 1.51. The van der Waals surface area contributed by atoms with Crippen LogP contribution in [-0.4, -0.2) is 9.55 Å². The largest absolute Gasteiger partial charge is 0.313 e. The maximum Gasteiger partial charge on any atom is 0.262 e. The molecule has 0 spiro atoms. The van der Waals surface area contributed by atoms with Crippen LogP contribution in [0.4, 0.5) is 0 Å². The third kappa shape index (κ3) is 1.29. The number of benzene rings is 1. The molecule has 2 aromatic rings. The highest BCUT2D eigenvalue weighted by Crippen LogP contribution is 2.17. The molecule has 4 nitrogen and oxygen atoms in total. The molecule has 2 rings (SSSR count). The lowest BCUT2D eigenvalue weighted by Crippen LogP contribution is -2.24. The highest BCUT2D eigenvalue weighted by molar-refractivity contribution is 6.34. The SMILES string of the molecule is NCn1cnc2c(Cl)cccc2c1=O. The Balaban J connectivity index is 2.91. The second-order valence-corrected chi connectivity index (χ2v) is 3.25. The zero-order valence-corrected chi connectivity index (χ0v) is 8.03. The van der Waals surface area contributed by atoms with E-state index in [2.05, 4.69) is 4.98 Å². The number of hydrogen-bond donors (Lipinski definition) is 1. The van der Waals surface area contributed by atoms with E-state index in [1.165, 1.54) is 10.9 Å². The first-order chi connectivity index (χ1) is 6.74. The fourth-order valence-electron chi connectivity index (χ4n) is 1.28. The minimum absolute atomic E-state index is 0.119. The Labute approximate surface area is 84.9 Å². The first-order valence-electron chi connectivity index (χ1n) is 4.08. The number of nitrogens with two attached hydrogens (primary N) is 1. The number of halogens is 1. The summed E-state index contributed by atoms with van der Waals surface area (Å²) in [5, 5.41) is 0.967. The minimum Gasteiger partial charge on any atom is -0.313 e.